The summed E-state index contributed by atoms with van der Waals surface area (Å²) in [6.07, 6.45) is -2.17. The molecular formula is C23H20O10. The molecule has 1 aliphatic rings. The van der Waals surface area contributed by atoms with E-state index in [2.05, 4.69) is 0 Å². The van der Waals surface area contributed by atoms with Gasteiger partial charge in [0, 0.05) is 29.7 Å². The average Bonchev–Trinajstić information content (AvgIpc) is 2.77. The van der Waals surface area contributed by atoms with Gasteiger partial charge in [0.25, 0.3) is 0 Å². The van der Waals surface area contributed by atoms with Crippen LogP contribution in [0.4, 0.5) is 0 Å². The summed E-state index contributed by atoms with van der Waals surface area (Å²) in [5, 5.41) is 59.3. The van der Waals surface area contributed by atoms with Gasteiger partial charge in [0.1, 0.15) is 23.4 Å². The van der Waals surface area contributed by atoms with Crippen molar-refractivity contribution in [2.45, 2.75) is 18.6 Å². The quantitative estimate of drug-likeness (QED) is 0.254. The molecule has 10 heteroatoms. The summed E-state index contributed by atoms with van der Waals surface area (Å²) in [7, 11) is 1.33. The molecule has 33 heavy (non-hydrogen) atoms. The van der Waals surface area contributed by atoms with Crippen LogP contribution in [0, 0.1) is 0 Å². The van der Waals surface area contributed by atoms with E-state index < -0.39 is 35.4 Å². The van der Waals surface area contributed by atoms with Gasteiger partial charge < -0.3 is 44.8 Å². The van der Waals surface area contributed by atoms with Gasteiger partial charge in [0.2, 0.25) is 0 Å². The highest BCUT2D eigenvalue weighted by Gasteiger charge is 2.37. The van der Waals surface area contributed by atoms with Gasteiger partial charge in [-0.05, 0) is 30.3 Å². The summed E-state index contributed by atoms with van der Waals surface area (Å²) < 4.78 is 16.5. The zero-order valence-electron chi connectivity index (χ0n) is 17.2. The normalized spacial score (nSPS) is 17.0. The van der Waals surface area contributed by atoms with E-state index in [0.717, 1.165) is 18.2 Å². The number of phenols is 6. The minimum atomic E-state index is -1.08. The fraction of sp³-hybridized carbons (Fsp3) is 0.174. The van der Waals surface area contributed by atoms with Crippen molar-refractivity contribution in [1.82, 2.24) is 0 Å². The first kappa shape index (κ1) is 21.8. The van der Waals surface area contributed by atoms with E-state index in [-0.39, 0.29) is 51.9 Å². The van der Waals surface area contributed by atoms with Crippen LogP contribution in [0.15, 0.2) is 42.5 Å². The van der Waals surface area contributed by atoms with Crippen molar-refractivity contribution in [1.29, 1.82) is 0 Å². The lowest BCUT2D eigenvalue weighted by molar-refractivity contribution is -0.0189. The van der Waals surface area contributed by atoms with Gasteiger partial charge in [-0.2, -0.15) is 0 Å². The number of benzene rings is 3. The maximum Gasteiger partial charge on any atom is 0.338 e. The van der Waals surface area contributed by atoms with Crippen LogP contribution in [-0.2, 0) is 11.2 Å². The highest BCUT2D eigenvalue weighted by Crippen LogP contribution is 2.45. The number of ether oxygens (including phenoxy) is 3. The molecule has 0 saturated carbocycles. The first-order chi connectivity index (χ1) is 15.7. The molecule has 0 spiro atoms. The van der Waals surface area contributed by atoms with Crippen molar-refractivity contribution >= 4 is 5.97 Å². The Bertz CT molecular complexity index is 1210. The molecular weight excluding hydrogens is 436 g/mol. The first-order valence-corrected chi connectivity index (χ1v) is 9.72. The molecule has 0 radical (unpaired) electrons. The van der Waals surface area contributed by atoms with Gasteiger partial charge in [0.15, 0.2) is 34.9 Å². The summed E-state index contributed by atoms with van der Waals surface area (Å²) >= 11 is 0. The lowest BCUT2D eigenvalue weighted by Crippen LogP contribution is -2.34. The molecule has 6 N–H and O–H groups in total. The van der Waals surface area contributed by atoms with Crippen LogP contribution in [0.25, 0.3) is 0 Å². The van der Waals surface area contributed by atoms with Gasteiger partial charge in [-0.15, -0.1) is 0 Å². The predicted octanol–water partition coefficient (Wildman–Crippen LogP) is 2.83. The average molecular weight is 456 g/mol. The third kappa shape index (κ3) is 4.05. The standard InChI is InChI=1S/C23H20O10/c1-31-19-6-10(2-3-14(19)25)23(30)33-20-9-13-15(26)7-12(24)8-18(13)32-22(20)11-4-16(27)21(29)17(28)5-11/h2-8,20,22,24-29H,9H2,1H3. The molecule has 3 aromatic rings. The highest BCUT2D eigenvalue weighted by atomic mass is 16.6. The summed E-state index contributed by atoms with van der Waals surface area (Å²) in [5.41, 5.74) is 0.509. The predicted molar refractivity (Wildman–Crippen MR) is 112 cm³/mol. The van der Waals surface area contributed by atoms with Gasteiger partial charge in [0.05, 0.1) is 12.7 Å². The molecule has 3 aromatic carbocycles. The van der Waals surface area contributed by atoms with Crippen molar-refractivity contribution in [3.8, 4) is 46.0 Å². The van der Waals surface area contributed by atoms with Crippen LogP contribution in [0.1, 0.15) is 27.6 Å². The summed E-state index contributed by atoms with van der Waals surface area (Å²) in [4.78, 5) is 12.9. The number of carbonyl (C=O) groups is 1. The second-order valence-corrected chi connectivity index (χ2v) is 7.42. The van der Waals surface area contributed by atoms with Crippen molar-refractivity contribution in [2.75, 3.05) is 7.11 Å². The topological polar surface area (TPSA) is 166 Å². The lowest BCUT2D eigenvalue weighted by atomic mass is 9.93. The fourth-order valence-electron chi connectivity index (χ4n) is 3.63. The molecule has 10 nitrogen and oxygen atoms in total. The molecule has 0 saturated heterocycles. The minimum Gasteiger partial charge on any atom is -0.508 e. The Morgan fingerprint density at radius 3 is 2.27 bits per heavy atom. The number of hydrogen-bond donors (Lipinski definition) is 6. The molecule has 4 rings (SSSR count). The van der Waals surface area contributed by atoms with Crippen LogP contribution in [0.2, 0.25) is 0 Å². The monoisotopic (exact) mass is 456 g/mol. The molecule has 0 aromatic heterocycles. The third-order valence-corrected chi connectivity index (χ3v) is 5.26. The van der Waals surface area contributed by atoms with Crippen LogP contribution in [0.5, 0.6) is 46.0 Å². The number of phenolic OH excluding ortho intramolecular Hbond substituents is 6. The molecule has 1 heterocycles. The van der Waals surface area contributed by atoms with Crippen molar-refractivity contribution < 1.29 is 49.6 Å². The van der Waals surface area contributed by atoms with E-state index in [0.29, 0.717) is 0 Å². The second kappa shape index (κ2) is 8.23. The fourth-order valence-corrected chi connectivity index (χ4v) is 3.63. The van der Waals surface area contributed by atoms with E-state index in [1.807, 2.05) is 0 Å². The van der Waals surface area contributed by atoms with E-state index in [4.69, 9.17) is 14.2 Å². The van der Waals surface area contributed by atoms with E-state index >= 15 is 0 Å². The van der Waals surface area contributed by atoms with Crippen LogP contribution in [0.3, 0.4) is 0 Å². The van der Waals surface area contributed by atoms with Gasteiger partial charge >= 0.3 is 5.97 Å². The van der Waals surface area contributed by atoms with Gasteiger partial charge in [-0.1, -0.05) is 0 Å². The minimum absolute atomic E-state index is 0.0323. The zero-order valence-corrected chi connectivity index (χ0v) is 17.2. The van der Waals surface area contributed by atoms with E-state index in [9.17, 15) is 35.4 Å². The number of aromatic hydroxyl groups is 6. The third-order valence-electron chi connectivity index (χ3n) is 5.26. The summed E-state index contributed by atoms with van der Waals surface area (Å²) in [6.45, 7) is 0. The lowest BCUT2D eigenvalue weighted by Gasteiger charge is -2.34. The molecule has 1 aliphatic heterocycles. The number of hydrogen-bond acceptors (Lipinski definition) is 10. The van der Waals surface area contributed by atoms with Gasteiger partial charge in [-0.25, -0.2) is 4.79 Å². The number of esters is 1. The van der Waals surface area contributed by atoms with E-state index in [1.165, 1.54) is 31.4 Å². The zero-order chi connectivity index (χ0) is 23.9. The maximum atomic E-state index is 12.9. The SMILES string of the molecule is COc1cc(C(=O)OC2Cc3c(O)cc(O)cc3OC2c2cc(O)c(O)c(O)c2)ccc1O. The number of fused-ring (bicyclic) bond motifs is 1. The largest absolute Gasteiger partial charge is 0.508 e. The Kier molecular flexibility index (Phi) is 5.42. The van der Waals surface area contributed by atoms with Crippen molar-refractivity contribution in [3.63, 3.8) is 0 Å². The Morgan fingerprint density at radius 1 is 0.909 bits per heavy atom. The van der Waals surface area contributed by atoms with Crippen LogP contribution in [-0.4, -0.2) is 49.8 Å². The maximum absolute atomic E-state index is 12.9. The smallest absolute Gasteiger partial charge is 0.338 e. The van der Waals surface area contributed by atoms with Gasteiger partial charge in [-0.3, -0.25) is 0 Å². The Morgan fingerprint density at radius 2 is 1.61 bits per heavy atom. The number of rotatable bonds is 4. The number of carbonyl (C=O) groups excluding carboxylic acids is 1. The molecule has 2 atom stereocenters. The molecule has 2 unspecified atom stereocenters. The second-order valence-electron chi connectivity index (χ2n) is 7.42. The number of methoxy groups -OCH3 is 1. The Balaban J connectivity index is 1.73. The van der Waals surface area contributed by atoms with Crippen LogP contribution < -0.4 is 9.47 Å². The van der Waals surface area contributed by atoms with Crippen molar-refractivity contribution in [2.24, 2.45) is 0 Å². The molecule has 0 aliphatic carbocycles. The molecule has 0 amide bonds. The highest BCUT2D eigenvalue weighted by molar-refractivity contribution is 5.90. The van der Waals surface area contributed by atoms with Crippen LogP contribution >= 0.6 is 0 Å². The first-order valence-electron chi connectivity index (χ1n) is 9.72. The molecule has 0 bridgehead atoms. The summed E-state index contributed by atoms with van der Waals surface area (Å²) in [6, 6.07) is 8.55. The molecule has 172 valence electrons. The van der Waals surface area contributed by atoms with Crippen molar-refractivity contribution in [3.05, 3.63) is 59.2 Å². The summed E-state index contributed by atoms with van der Waals surface area (Å²) in [5.74, 6) is -3.27. The Labute approximate surface area is 187 Å². The Hall–Kier alpha value is -4.47. The van der Waals surface area contributed by atoms with E-state index in [1.54, 1.807) is 0 Å². The molecule has 0 fully saturated rings.